The molecule has 3 aliphatic rings. The Bertz CT molecular complexity index is 827. The Labute approximate surface area is 182 Å². The highest BCUT2D eigenvalue weighted by atomic mass is 16.6. The van der Waals surface area contributed by atoms with E-state index in [1.165, 1.54) is 6.42 Å². The maximum Gasteiger partial charge on any atom is 0.321 e. The van der Waals surface area contributed by atoms with E-state index in [9.17, 15) is 14.4 Å². The van der Waals surface area contributed by atoms with Gasteiger partial charge in [0.05, 0.1) is 5.41 Å². The second-order valence-corrected chi connectivity index (χ2v) is 8.58. The first-order chi connectivity index (χ1) is 15.1. The van der Waals surface area contributed by atoms with Crippen LogP contribution in [0.2, 0.25) is 0 Å². The Morgan fingerprint density at radius 3 is 2.42 bits per heavy atom. The highest BCUT2D eigenvalue weighted by molar-refractivity contribution is 5.96. The van der Waals surface area contributed by atoms with Gasteiger partial charge in [-0.25, -0.2) is 4.79 Å². The van der Waals surface area contributed by atoms with Crippen LogP contribution < -0.4 is 20.1 Å². The topological polar surface area (TPSA) is 103 Å². The minimum absolute atomic E-state index is 0.0982. The lowest BCUT2D eigenvalue weighted by atomic mass is 9.78. The Hall–Kier alpha value is -2.77. The van der Waals surface area contributed by atoms with Crippen molar-refractivity contribution >= 4 is 17.9 Å². The summed E-state index contributed by atoms with van der Waals surface area (Å²) in [5.74, 6) is 0.223. The third-order valence-electron chi connectivity index (χ3n) is 6.47. The number of nitrogens with one attached hydrogen (secondary N) is 2. The van der Waals surface area contributed by atoms with Crippen molar-refractivity contribution in [3.8, 4) is 11.5 Å². The smallest absolute Gasteiger partial charge is 0.321 e. The summed E-state index contributed by atoms with van der Waals surface area (Å²) in [5.41, 5.74) is 0.00945. The Kier molecular flexibility index (Phi) is 6.63. The van der Waals surface area contributed by atoms with Crippen molar-refractivity contribution in [2.24, 2.45) is 0 Å². The van der Waals surface area contributed by atoms with Gasteiger partial charge in [-0.3, -0.25) is 14.9 Å². The first-order valence-electron chi connectivity index (χ1n) is 11.2. The van der Waals surface area contributed by atoms with Gasteiger partial charge in [0.25, 0.3) is 5.91 Å². The molecule has 2 fully saturated rings. The van der Waals surface area contributed by atoms with E-state index in [0.29, 0.717) is 37.6 Å². The SMILES string of the molecule is O=C(COC(=O)C1(c2ccc3c(c2)OCCO3)CCCC1)NC(=O)NC1CCCCC1. The van der Waals surface area contributed by atoms with Gasteiger partial charge in [-0.05, 0) is 43.4 Å². The van der Waals surface area contributed by atoms with Crippen molar-refractivity contribution in [3.05, 3.63) is 23.8 Å². The van der Waals surface area contributed by atoms with Gasteiger partial charge >= 0.3 is 12.0 Å². The third kappa shape index (κ3) is 4.94. The van der Waals surface area contributed by atoms with Crippen LogP contribution in [0.1, 0.15) is 63.4 Å². The number of carbonyl (C=O) groups is 3. The number of esters is 1. The van der Waals surface area contributed by atoms with Crippen LogP contribution in [0.5, 0.6) is 11.5 Å². The molecule has 0 spiro atoms. The summed E-state index contributed by atoms with van der Waals surface area (Å²) in [5, 5.41) is 5.08. The van der Waals surface area contributed by atoms with Crippen LogP contribution in [0.15, 0.2) is 18.2 Å². The normalized spacial score (nSPS) is 20.0. The molecular weight excluding hydrogens is 400 g/mol. The number of benzene rings is 1. The lowest BCUT2D eigenvalue weighted by molar-refractivity contribution is -0.154. The minimum atomic E-state index is -0.805. The second-order valence-electron chi connectivity index (χ2n) is 8.58. The first kappa shape index (κ1) is 21.5. The van der Waals surface area contributed by atoms with Crippen molar-refractivity contribution in [1.82, 2.24) is 10.6 Å². The van der Waals surface area contributed by atoms with Crippen LogP contribution in [-0.4, -0.2) is 43.8 Å². The molecule has 1 aromatic carbocycles. The van der Waals surface area contributed by atoms with Gasteiger partial charge in [0.15, 0.2) is 18.1 Å². The van der Waals surface area contributed by atoms with Crippen LogP contribution in [0, 0.1) is 0 Å². The molecule has 2 saturated carbocycles. The van der Waals surface area contributed by atoms with E-state index in [4.69, 9.17) is 14.2 Å². The van der Waals surface area contributed by atoms with Gasteiger partial charge in [0.1, 0.15) is 13.2 Å². The molecule has 1 heterocycles. The summed E-state index contributed by atoms with van der Waals surface area (Å²) < 4.78 is 16.6. The largest absolute Gasteiger partial charge is 0.486 e. The van der Waals surface area contributed by atoms with Crippen LogP contribution in [0.4, 0.5) is 4.79 Å². The van der Waals surface area contributed by atoms with Crippen LogP contribution in [0.25, 0.3) is 0 Å². The zero-order valence-electron chi connectivity index (χ0n) is 17.7. The molecule has 4 rings (SSSR count). The highest BCUT2D eigenvalue weighted by Gasteiger charge is 2.45. The standard InChI is InChI=1S/C23H30N2O6/c26-20(25-22(28)24-17-6-2-1-3-7-17)15-31-21(27)23(10-4-5-11-23)16-8-9-18-19(14-16)30-13-12-29-18/h8-9,14,17H,1-7,10-13,15H2,(H2,24,25,26,28). The minimum Gasteiger partial charge on any atom is -0.486 e. The molecule has 1 aromatic rings. The molecule has 1 aliphatic heterocycles. The van der Waals surface area contributed by atoms with Crippen LogP contribution >= 0.6 is 0 Å². The van der Waals surface area contributed by atoms with Crippen molar-refractivity contribution in [1.29, 1.82) is 0 Å². The summed E-state index contributed by atoms with van der Waals surface area (Å²) in [7, 11) is 0. The van der Waals surface area contributed by atoms with E-state index in [0.717, 1.165) is 44.1 Å². The van der Waals surface area contributed by atoms with Crippen molar-refractivity contribution in [3.63, 3.8) is 0 Å². The predicted octanol–water partition coefficient (Wildman–Crippen LogP) is 2.97. The van der Waals surface area contributed by atoms with Crippen LogP contribution in [-0.2, 0) is 19.7 Å². The summed E-state index contributed by atoms with van der Waals surface area (Å²) in [4.78, 5) is 37.3. The fourth-order valence-electron chi connectivity index (χ4n) is 4.83. The quantitative estimate of drug-likeness (QED) is 0.696. The summed E-state index contributed by atoms with van der Waals surface area (Å²) in [6.07, 6.45) is 8.30. The molecule has 168 valence electrons. The van der Waals surface area contributed by atoms with Crippen LogP contribution in [0.3, 0.4) is 0 Å². The number of amides is 3. The molecule has 31 heavy (non-hydrogen) atoms. The zero-order chi connectivity index (χ0) is 21.7. The third-order valence-corrected chi connectivity index (χ3v) is 6.47. The number of rotatable bonds is 5. The fourth-order valence-corrected chi connectivity index (χ4v) is 4.83. The maximum absolute atomic E-state index is 13.1. The van der Waals surface area contributed by atoms with Gasteiger partial charge in [-0.2, -0.15) is 0 Å². The lowest BCUT2D eigenvalue weighted by Crippen LogP contribution is -2.46. The highest BCUT2D eigenvalue weighted by Crippen LogP contribution is 2.45. The molecule has 0 unspecified atom stereocenters. The molecule has 0 bridgehead atoms. The zero-order valence-corrected chi connectivity index (χ0v) is 17.7. The number of urea groups is 1. The van der Waals surface area contributed by atoms with E-state index in [1.54, 1.807) is 0 Å². The lowest BCUT2D eigenvalue weighted by Gasteiger charge is -2.28. The van der Waals surface area contributed by atoms with Gasteiger partial charge in [-0.1, -0.05) is 38.2 Å². The first-order valence-corrected chi connectivity index (χ1v) is 11.2. The van der Waals surface area contributed by atoms with Gasteiger partial charge in [0, 0.05) is 6.04 Å². The molecule has 0 aromatic heterocycles. The summed E-state index contributed by atoms with van der Waals surface area (Å²) in [6, 6.07) is 5.10. The second kappa shape index (κ2) is 9.58. The number of ether oxygens (including phenoxy) is 3. The van der Waals surface area contributed by atoms with Gasteiger partial charge in [0.2, 0.25) is 0 Å². The van der Waals surface area contributed by atoms with E-state index in [2.05, 4.69) is 10.6 Å². The molecule has 3 amide bonds. The van der Waals surface area contributed by atoms with E-state index < -0.39 is 29.9 Å². The number of carbonyl (C=O) groups excluding carboxylic acids is 3. The Balaban J connectivity index is 1.34. The van der Waals surface area contributed by atoms with Crippen molar-refractivity contribution in [2.45, 2.75) is 69.2 Å². The van der Waals surface area contributed by atoms with E-state index >= 15 is 0 Å². The average molecular weight is 431 g/mol. The van der Waals surface area contributed by atoms with Crippen molar-refractivity contribution in [2.75, 3.05) is 19.8 Å². The molecule has 8 heteroatoms. The Morgan fingerprint density at radius 1 is 0.968 bits per heavy atom. The Morgan fingerprint density at radius 2 is 1.68 bits per heavy atom. The molecular formula is C23H30N2O6. The van der Waals surface area contributed by atoms with Gasteiger partial charge in [-0.15, -0.1) is 0 Å². The monoisotopic (exact) mass is 430 g/mol. The average Bonchev–Trinajstić information content (AvgIpc) is 3.29. The summed E-state index contributed by atoms with van der Waals surface area (Å²) >= 11 is 0. The number of imide groups is 1. The fraction of sp³-hybridized carbons (Fsp3) is 0.609. The number of hydrogen-bond acceptors (Lipinski definition) is 6. The number of hydrogen-bond donors (Lipinski definition) is 2. The van der Waals surface area contributed by atoms with E-state index in [1.807, 2.05) is 18.2 Å². The van der Waals surface area contributed by atoms with Crippen molar-refractivity contribution < 1.29 is 28.6 Å². The number of fused-ring (bicyclic) bond motifs is 1. The molecule has 0 radical (unpaired) electrons. The molecule has 2 N–H and O–H groups in total. The predicted molar refractivity (Wildman–Crippen MR) is 112 cm³/mol. The maximum atomic E-state index is 13.1. The van der Waals surface area contributed by atoms with Gasteiger partial charge < -0.3 is 19.5 Å². The summed E-state index contributed by atoms with van der Waals surface area (Å²) in [6.45, 7) is 0.489. The molecule has 8 nitrogen and oxygen atoms in total. The van der Waals surface area contributed by atoms with E-state index in [-0.39, 0.29) is 6.04 Å². The molecule has 0 saturated heterocycles. The molecule has 0 atom stereocenters. The molecule has 2 aliphatic carbocycles.